The van der Waals surface area contributed by atoms with E-state index < -0.39 is 6.15 Å². The van der Waals surface area contributed by atoms with E-state index in [0.29, 0.717) is 5.82 Å². The van der Waals surface area contributed by atoms with Gasteiger partial charge in [-0.15, -0.1) is 0 Å². The second-order valence-corrected chi connectivity index (χ2v) is 6.55. The SMILES string of the molecule is CCC(C)[B-](c1ccccc1)(c1ccccc1)c1ccccc1. The minimum absolute atomic E-state index is 0.558. The van der Waals surface area contributed by atoms with Crippen LogP contribution in [0.2, 0.25) is 5.82 Å². The zero-order valence-electron chi connectivity index (χ0n) is 14.0. The summed E-state index contributed by atoms with van der Waals surface area (Å²) in [5.41, 5.74) is 4.29. The van der Waals surface area contributed by atoms with E-state index in [1.54, 1.807) is 0 Å². The predicted molar refractivity (Wildman–Crippen MR) is 104 cm³/mol. The minimum Gasteiger partial charge on any atom is -0.200 e. The van der Waals surface area contributed by atoms with Crippen molar-refractivity contribution in [2.24, 2.45) is 0 Å². The third kappa shape index (κ3) is 2.72. The molecule has 0 saturated carbocycles. The van der Waals surface area contributed by atoms with Crippen molar-refractivity contribution in [1.82, 2.24) is 0 Å². The number of rotatable bonds is 5. The molecule has 0 aliphatic rings. The summed E-state index contributed by atoms with van der Waals surface area (Å²) in [4.78, 5) is 0. The number of hydrogen-bond acceptors (Lipinski definition) is 0. The molecule has 1 unspecified atom stereocenters. The maximum absolute atomic E-state index is 2.40. The summed E-state index contributed by atoms with van der Waals surface area (Å²) in [5, 5.41) is 0. The first-order valence-corrected chi connectivity index (χ1v) is 8.62. The summed E-state index contributed by atoms with van der Waals surface area (Å²) in [7, 11) is 0. The quantitative estimate of drug-likeness (QED) is 0.626. The van der Waals surface area contributed by atoms with Gasteiger partial charge in [0.05, 0.1) is 6.15 Å². The summed E-state index contributed by atoms with van der Waals surface area (Å²) in [5.74, 6) is 0.558. The van der Waals surface area contributed by atoms with Crippen molar-refractivity contribution in [3.63, 3.8) is 0 Å². The van der Waals surface area contributed by atoms with Crippen LogP contribution in [0.4, 0.5) is 0 Å². The van der Waals surface area contributed by atoms with Gasteiger partial charge in [0, 0.05) is 0 Å². The molecule has 0 aliphatic heterocycles. The van der Waals surface area contributed by atoms with Crippen LogP contribution >= 0.6 is 0 Å². The van der Waals surface area contributed by atoms with Gasteiger partial charge in [-0.2, -0.15) is 22.2 Å². The zero-order valence-corrected chi connectivity index (χ0v) is 14.0. The van der Waals surface area contributed by atoms with Gasteiger partial charge in [0.15, 0.2) is 0 Å². The van der Waals surface area contributed by atoms with Gasteiger partial charge in [-0.05, 0) is 0 Å². The van der Waals surface area contributed by atoms with Gasteiger partial charge in [0.1, 0.15) is 0 Å². The first-order valence-electron chi connectivity index (χ1n) is 8.62. The summed E-state index contributed by atoms with van der Waals surface area (Å²) in [6.07, 6.45) is 0.177. The molecule has 0 aromatic heterocycles. The van der Waals surface area contributed by atoms with E-state index in [1.807, 2.05) is 0 Å². The van der Waals surface area contributed by atoms with Crippen molar-refractivity contribution in [3.05, 3.63) is 91.0 Å². The Morgan fingerprint density at radius 2 is 0.913 bits per heavy atom. The Balaban J connectivity index is 2.35. The normalized spacial score (nSPS) is 12.8. The Bertz CT molecular complexity index is 623. The highest BCUT2D eigenvalue weighted by Crippen LogP contribution is 2.25. The molecule has 0 heterocycles. The molecule has 1 atom stereocenters. The zero-order chi connectivity index (χ0) is 16.1. The van der Waals surface area contributed by atoms with Crippen molar-refractivity contribution in [3.8, 4) is 0 Å². The van der Waals surface area contributed by atoms with Crippen molar-refractivity contribution in [1.29, 1.82) is 0 Å². The number of hydrogen-bond donors (Lipinski definition) is 0. The molecule has 0 bridgehead atoms. The Kier molecular flexibility index (Phi) is 4.66. The van der Waals surface area contributed by atoms with Gasteiger partial charge in [-0.1, -0.05) is 111 Å². The molecule has 23 heavy (non-hydrogen) atoms. The molecule has 0 radical (unpaired) electrons. The third-order valence-corrected chi connectivity index (χ3v) is 5.47. The van der Waals surface area contributed by atoms with Gasteiger partial charge in [-0.3, -0.25) is 0 Å². The Morgan fingerprint density at radius 1 is 0.609 bits per heavy atom. The number of benzene rings is 3. The fourth-order valence-electron chi connectivity index (χ4n) is 4.19. The molecular formula is C22H24B-. The molecule has 0 nitrogen and oxygen atoms in total. The van der Waals surface area contributed by atoms with Gasteiger partial charge in [0.25, 0.3) is 0 Å². The van der Waals surface area contributed by atoms with Crippen LogP contribution in [0, 0.1) is 0 Å². The summed E-state index contributed by atoms with van der Waals surface area (Å²) in [6, 6.07) is 33.1. The van der Waals surface area contributed by atoms with Crippen molar-refractivity contribution in [2.45, 2.75) is 26.1 Å². The van der Waals surface area contributed by atoms with Crippen LogP contribution in [0.15, 0.2) is 91.0 Å². The van der Waals surface area contributed by atoms with Gasteiger partial charge in [0.2, 0.25) is 0 Å². The van der Waals surface area contributed by atoms with E-state index >= 15 is 0 Å². The van der Waals surface area contributed by atoms with Crippen LogP contribution in [0.5, 0.6) is 0 Å². The predicted octanol–water partition coefficient (Wildman–Crippen LogP) is 3.96. The molecule has 0 saturated heterocycles. The molecule has 0 aliphatic carbocycles. The van der Waals surface area contributed by atoms with E-state index in [9.17, 15) is 0 Å². The largest absolute Gasteiger partial charge is 0.200 e. The second kappa shape index (κ2) is 6.87. The molecule has 3 aromatic carbocycles. The molecule has 116 valence electrons. The average Bonchev–Trinajstić information content (AvgIpc) is 2.65. The van der Waals surface area contributed by atoms with E-state index in [4.69, 9.17) is 0 Å². The van der Waals surface area contributed by atoms with E-state index in [-0.39, 0.29) is 0 Å². The van der Waals surface area contributed by atoms with Gasteiger partial charge < -0.3 is 0 Å². The first-order chi connectivity index (χ1) is 11.3. The highest BCUT2D eigenvalue weighted by atomic mass is 14.1. The Hall–Kier alpha value is -2.28. The topological polar surface area (TPSA) is 0 Å². The smallest absolute Gasteiger partial charge is 0.0839 e. The van der Waals surface area contributed by atoms with Crippen molar-refractivity contribution in [2.75, 3.05) is 0 Å². The fourth-order valence-corrected chi connectivity index (χ4v) is 4.19. The van der Waals surface area contributed by atoms with E-state index in [1.165, 1.54) is 16.4 Å². The maximum Gasteiger partial charge on any atom is 0.0839 e. The van der Waals surface area contributed by atoms with E-state index in [0.717, 1.165) is 6.42 Å². The Morgan fingerprint density at radius 3 is 1.17 bits per heavy atom. The molecule has 1 heteroatoms. The Labute approximate surface area is 140 Å². The molecule has 0 fully saturated rings. The van der Waals surface area contributed by atoms with Crippen LogP contribution in [-0.4, -0.2) is 6.15 Å². The highest BCUT2D eigenvalue weighted by Gasteiger charge is 2.33. The van der Waals surface area contributed by atoms with Crippen molar-refractivity contribution < 1.29 is 0 Å². The van der Waals surface area contributed by atoms with Crippen LogP contribution in [0.1, 0.15) is 20.3 Å². The maximum atomic E-state index is 2.40. The van der Waals surface area contributed by atoms with Gasteiger partial charge >= 0.3 is 0 Å². The monoisotopic (exact) mass is 299 g/mol. The average molecular weight is 299 g/mol. The van der Waals surface area contributed by atoms with Gasteiger partial charge in [-0.25, -0.2) is 0 Å². The molecular weight excluding hydrogens is 275 g/mol. The molecule has 0 spiro atoms. The molecule has 0 N–H and O–H groups in total. The standard InChI is InChI=1S/C22H24B/c1-3-19(2)23(20-13-7-4-8-14-20,21-15-9-5-10-16-21)22-17-11-6-12-18-22/h4-19H,3H2,1-2H3/q-1. The van der Waals surface area contributed by atoms with Crippen molar-refractivity contribution >= 4 is 22.5 Å². The summed E-state index contributed by atoms with van der Waals surface area (Å²) >= 11 is 0. The lowest BCUT2D eigenvalue weighted by atomic mass is 9.10. The lowest BCUT2D eigenvalue weighted by molar-refractivity contribution is 0.857. The fraction of sp³-hybridized carbons (Fsp3) is 0.182. The van der Waals surface area contributed by atoms with Crippen LogP contribution in [-0.2, 0) is 0 Å². The molecule has 0 amide bonds. The highest BCUT2D eigenvalue weighted by molar-refractivity contribution is 7.12. The lowest BCUT2D eigenvalue weighted by Gasteiger charge is -2.48. The van der Waals surface area contributed by atoms with Crippen LogP contribution in [0.25, 0.3) is 0 Å². The first kappa shape index (κ1) is 15.6. The lowest BCUT2D eigenvalue weighted by Crippen LogP contribution is -2.69. The van der Waals surface area contributed by atoms with E-state index in [2.05, 4.69) is 105 Å². The molecule has 3 aromatic rings. The summed E-state index contributed by atoms with van der Waals surface area (Å²) in [6.45, 7) is 4.70. The molecule has 3 rings (SSSR count). The summed E-state index contributed by atoms with van der Waals surface area (Å²) < 4.78 is 0. The van der Waals surface area contributed by atoms with Crippen LogP contribution < -0.4 is 16.4 Å². The third-order valence-electron chi connectivity index (χ3n) is 5.47. The second-order valence-electron chi connectivity index (χ2n) is 6.55. The van der Waals surface area contributed by atoms with Crippen LogP contribution in [0.3, 0.4) is 0 Å². The minimum atomic E-state index is -0.974.